The molecular weight excluding hydrogens is 232 g/mol. The molecule has 1 unspecified atom stereocenters. The quantitative estimate of drug-likeness (QED) is 0.845. The second-order valence-corrected chi connectivity index (χ2v) is 5.36. The van der Waals surface area contributed by atoms with Crippen molar-refractivity contribution in [3.8, 4) is 0 Å². The van der Waals surface area contributed by atoms with Gasteiger partial charge >= 0.3 is 0 Å². The summed E-state index contributed by atoms with van der Waals surface area (Å²) in [5.41, 5.74) is 0. The first-order chi connectivity index (χ1) is 7.34. The van der Waals surface area contributed by atoms with E-state index in [2.05, 4.69) is 16.7 Å². The molecule has 1 saturated heterocycles. The van der Waals surface area contributed by atoms with E-state index < -0.39 is 0 Å². The van der Waals surface area contributed by atoms with Crippen LogP contribution in [0, 0.1) is 0 Å². The van der Waals surface area contributed by atoms with Crippen molar-refractivity contribution in [2.24, 2.45) is 0 Å². The lowest BCUT2D eigenvalue weighted by Gasteiger charge is -2.23. The molecule has 1 fully saturated rings. The van der Waals surface area contributed by atoms with Gasteiger partial charge < -0.3 is 15.4 Å². The van der Waals surface area contributed by atoms with Gasteiger partial charge in [-0.3, -0.25) is 0 Å². The minimum atomic E-state index is 0.439. The van der Waals surface area contributed by atoms with Crippen LogP contribution in [0.5, 0.6) is 0 Å². The summed E-state index contributed by atoms with van der Waals surface area (Å²) in [7, 11) is 0. The van der Waals surface area contributed by atoms with Crippen LogP contribution in [0.3, 0.4) is 0 Å². The van der Waals surface area contributed by atoms with Crippen LogP contribution in [0.25, 0.3) is 0 Å². The minimum Gasteiger partial charge on any atom is -0.378 e. The molecule has 1 atom stereocenters. The van der Waals surface area contributed by atoms with Gasteiger partial charge in [0.05, 0.1) is 17.6 Å². The van der Waals surface area contributed by atoms with Gasteiger partial charge in [0, 0.05) is 30.6 Å². The fraction of sp³-hybridized carbons (Fsp3) is 0.600. The molecule has 1 aromatic heterocycles. The second kappa shape index (κ2) is 5.82. The second-order valence-electron chi connectivity index (χ2n) is 3.56. The van der Waals surface area contributed by atoms with Gasteiger partial charge in [-0.05, 0) is 12.1 Å². The Morgan fingerprint density at radius 2 is 2.53 bits per heavy atom. The Kier molecular flexibility index (Phi) is 4.41. The highest BCUT2D eigenvalue weighted by Gasteiger charge is 2.11. The normalized spacial score (nSPS) is 21.8. The molecule has 5 heteroatoms. The molecule has 84 valence electrons. The van der Waals surface area contributed by atoms with Crippen molar-refractivity contribution in [3.63, 3.8) is 0 Å². The molecule has 0 bridgehead atoms. The highest BCUT2D eigenvalue weighted by molar-refractivity contribution is 7.16. The Balaban J connectivity index is 1.65. The molecule has 1 aromatic rings. The van der Waals surface area contributed by atoms with Gasteiger partial charge in [0.1, 0.15) is 0 Å². The van der Waals surface area contributed by atoms with Crippen LogP contribution in [0.4, 0.5) is 0 Å². The molecule has 2 N–H and O–H groups in total. The molecule has 2 heterocycles. The summed E-state index contributed by atoms with van der Waals surface area (Å²) in [6.45, 7) is 4.41. The van der Waals surface area contributed by atoms with Gasteiger partial charge in [-0.2, -0.15) is 0 Å². The average molecular weight is 247 g/mol. The van der Waals surface area contributed by atoms with Gasteiger partial charge in [0.15, 0.2) is 0 Å². The van der Waals surface area contributed by atoms with E-state index in [-0.39, 0.29) is 0 Å². The molecule has 2 rings (SSSR count). The average Bonchev–Trinajstić information content (AvgIpc) is 2.66. The lowest BCUT2D eigenvalue weighted by atomic mass is 10.3. The lowest BCUT2D eigenvalue weighted by molar-refractivity contribution is 0.0767. The van der Waals surface area contributed by atoms with E-state index in [1.54, 1.807) is 11.3 Å². The number of rotatable bonds is 4. The lowest BCUT2D eigenvalue weighted by Crippen LogP contribution is -2.47. The van der Waals surface area contributed by atoms with Crippen molar-refractivity contribution in [1.82, 2.24) is 10.6 Å². The Labute approximate surface area is 98.8 Å². The fourth-order valence-corrected chi connectivity index (χ4v) is 2.62. The molecule has 0 saturated carbocycles. The topological polar surface area (TPSA) is 33.3 Å². The molecule has 1 aliphatic heterocycles. The van der Waals surface area contributed by atoms with Crippen LogP contribution in [-0.4, -0.2) is 32.3 Å². The zero-order valence-corrected chi connectivity index (χ0v) is 10.0. The SMILES string of the molecule is Clc1ccc(CNCC2COCCN2)s1. The van der Waals surface area contributed by atoms with Crippen molar-refractivity contribution in [2.45, 2.75) is 12.6 Å². The molecule has 3 nitrogen and oxygen atoms in total. The highest BCUT2D eigenvalue weighted by Crippen LogP contribution is 2.20. The molecular formula is C10H15ClN2OS. The summed E-state index contributed by atoms with van der Waals surface area (Å²) in [4.78, 5) is 1.27. The number of halogens is 1. The Morgan fingerprint density at radius 3 is 3.20 bits per heavy atom. The molecule has 0 radical (unpaired) electrons. The number of ether oxygens (including phenoxy) is 1. The maximum Gasteiger partial charge on any atom is 0.0931 e. The molecule has 1 aliphatic rings. The van der Waals surface area contributed by atoms with Gasteiger partial charge in [-0.25, -0.2) is 0 Å². The van der Waals surface area contributed by atoms with Crippen LogP contribution >= 0.6 is 22.9 Å². The largest absolute Gasteiger partial charge is 0.378 e. The van der Waals surface area contributed by atoms with Crippen molar-refractivity contribution in [1.29, 1.82) is 0 Å². The van der Waals surface area contributed by atoms with Gasteiger partial charge in [-0.1, -0.05) is 11.6 Å². The zero-order valence-electron chi connectivity index (χ0n) is 8.46. The molecule has 0 amide bonds. The third-order valence-corrected chi connectivity index (χ3v) is 3.55. The van der Waals surface area contributed by atoms with E-state index in [9.17, 15) is 0 Å². The highest BCUT2D eigenvalue weighted by atomic mass is 35.5. The number of thiophene rings is 1. The van der Waals surface area contributed by atoms with Crippen LogP contribution in [0.2, 0.25) is 4.34 Å². The predicted molar refractivity (Wildman–Crippen MR) is 63.6 cm³/mol. The van der Waals surface area contributed by atoms with Crippen LogP contribution < -0.4 is 10.6 Å². The van der Waals surface area contributed by atoms with E-state index in [0.29, 0.717) is 6.04 Å². The summed E-state index contributed by atoms with van der Waals surface area (Å²) < 4.78 is 6.22. The third-order valence-electron chi connectivity index (χ3n) is 2.32. The van der Waals surface area contributed by atoms with Crippen molar-refractivity contribution in [2.75, 3.05) is 26.3 Å². The van der Waals surface area contributed by atoms with Crippen molar-refractivity contribution < 1.29 is 4.74 Å². The van der Waals surface area contributed by atoms with Crippen LogP contribution in [0.1, 0.15) is 4.88 Å². The van der Waals surface area contributed by atoms with Gasteiger partial charge in [0.2, 0.25) is 0 Å². The summed E-state index contributed by atoms with van der Waals surface area (Å²) in [6, 6.07) is 4.44. The van der Waals surface area contributed by atoms with E-state index in [1.165, 1.54) is 4.88 Å². The smallest absolute Gasteiger partial charge is 0.0931 e. The molecule has 0 aliphatic carbocycles. The summed E-state index contributed by atoms with van der Waals surface area (Å²) in [5.74, 6) is 0. The van der Waals surface area contributed by atoms with E-state index in [4.69, 9.17) is 16.3 Å². The Morgan fingerprint density at radius 1 is 1.60 bits per heavy atom. The minimum absolute atomic E-state index is 0.439. The van der Waals surface area contributed by atoms with Gasteiger partial charge in [-0.15, -0.1) is 11.3 Å². The Hall–Kier alpha value is -0.130. The Bertz CT molecular complexity index is 299. The molecule has 0 spiro atoms. The third kappa shape index (κ3) is 3.74. The summed E-state index contributed by atoms with van der Waals surface area (Å²) in [5, 5.41) is 6.79. The first-order valence-corrected chi connectivity index (χ1v) is 6.30. The van der Waals surface area contributed by atoms with Crippen LogP contribution in [-0.2, 0) is 11.3 Å². The monoisotopic (exact) mass is 246 g/mol. The first-order valence-electron chi connectivity index (χ1n) is 5.10. The standard InChI is InChI=1S/C10H15ClN2OS/c11-10-2-1-9(15-10)6-12-5-8-7-14-4-3-13-8/h1-2,8,12-13H,3-7H2. The van der Waals surface area contributed by atoms with E-state index in [1.807, 2.05) is 6.07 Å². The number of nitrogens with one attached hydrogen (secondary N) is 2. The van der Waals surface area contributed by atoms with Gasteiger partial charge in [0.25, 0.3) is 0 Å². The fourth-order valence-electron chi connectivity index (χ4n) is 1.57. The number of morpholine rings is 1. The maximum absolute atomic E-state index is 5.85. The van der Waals surface area contributed by atoms with Crippen LogP contribution in [0.15, 0.2) is 12.1 Å². The van der Waals surface area contributed by atoms with Crippen molar-refractivity contribution >= 4 is 22.9 Å². The molecule has 0 aromatic carbocycles. The maximum atomic E-state index is 5.85. The van der Waals surface area contributed by atoms with E-state index in [0.717, 1.165) is 37.2 Å². The summed E-state index contributed by atoms with van der Waals surface area (Å²) in [6.07, 6.45) is 0. The number of hydrogen-bond acceptors (Lipinski definition) is 4. The van der Waals surface area contributed by atoms with E-state index >= 15 is 0 Å². The zero-order chi connectivity index (χ0) is 10.5. The first kappa shape index (κ1) is 11.4. The summed E-state index contributed by atoms with van der Waals surface area (Å²) >= 11 is 7.47. The number of hydrogen-bond donors (Lipinski definition) is 2. The molecule has 15 heavy (non-hydrogen) atoms. The predicted octanol–water partition coefficient (Wildman–Crippen LogP) is 1.48. The van der Waals surface area contributed by atoms with Crippen molar-refractivity contribution in [3.05, 3.63) is 21.3 Å².